The summed E-state index contributed by atoms with van der Waals surface area (Å²) in [5.41, 5.74) is 0. The Labute approximate surface area is 54.1 Å². The monoisotopic (exact) mass is 133 g/mol. The Balaban J connectivity index is 2.32. The van der Waals surface area contributed by atoms with Gasteiger partial charge >= 0.3 is 0 Å². The molecule has 1 saturated heterocycles. The summed E-state index contributed by atoms with van der Waals surface area (Å²) < 4.78 is 12.0. The summed E-state index contributed by atoms with van der Waals surface area (Å²) >= 11 is 0. The predicted molar refractivity (Wildman–Crippen MR) is 32.9 cm³/mol. The van der Waals surface area contributed by atoms with Crippen LogP contribution >= 0.6 is 0 Å². The van der Waals surface area contributed by atoms with E-state index in [1.165, 1.54) is 0 Å². The molecule has 1 aliphatic rings. The standard InChI is InChI=1S/C6H12FNO/c7-1-5-2-8-3-6(5)4-9/h5-6,8-9H,1-4H2/t5-,6-/m1/s1. The summed E-state index contributed by atoms with van der Waals surface area (Å²) in [5.74, 6) is 0.199. The normalized spacial score (nSPS) is 35.3. The molecule has 0 aromatic rings. The van der Waals surface area contributed by atoms with Crippen molar-refractivity contribution in [2.75, 3.05) is 26.4 Å². The zero-order chi connectivity index (χ0) is 6.69. The average Bonchev–Trinajstić information content (AvgIpc) is 2.33. The van der Waals surface area contributed by atoms with Crippen LogP contribution in [0.3, 0.4) is 0 Å². The zero-order valence-electron chi connectivity index (χ0n) is 5.31. The second kappa shape index (κ2) is 3.13. The number of hydrogen-bond donors (Lipinski definition) is 2. The lowest BCUT2D eigenvalue weighted by atomic mass is 9.99. The number of alkyl halides is 1. The highest BCUT2D eigenvalue weighted by Crippen LogP contribution is 2.15. The highest BCUT2D eigenvalue weighted by Gasteiger charge is 2.25. The summed E-state index contributed by atoms with van der Waals surface area (Å²) in [6.45, 7) is 1.30. The molecule has 54 valence electrons. The molecule has 1 heterocycles. The van der Waals surface area contributed by atoms with Crippen molar-refractivity contribution in [1.29, 1.82) is 0 Å². The van der Waals surface area contributed by atoms with Crippen LogP contribution in [0.1, 0.15) is 0 Å². The Morgan fingerprint density at radius 3 is 2.56 bits per heavy atom. The summed E-state index contributed by atoms with van der Waals surface area (Å²) in [4.78, 5) is 0. The SMILES string of the molecule is OC[C@H]1CNC[C@H]1CF. The van der Waals surface area contributed by atoms with Gasteiger partial charge in [-0.15, -0.1) is 0 Å². The predicted octanol–water partition coefficient (Wildman–Crippen LogP) is -0.216. The lowest BCUT2D eigenvalue weighted by molar-refractivity contribution is 0.188. The molecule has 1 rings (SSSR count). The minimum Gasteiger partial charge on any atom is -0.396 e. The van der Waals surface area contributed by atoms with E-state index in [4.69, 9.17) is 5.11 Å². The van der Waals surface area contributed by atoms with Crippen LogP contribution in [0.2, 0.25) is 0 Å². The topological polar surface area (TPSA) is 32.3 Å². The molecular formula is C6H12FNO. The van der Waals surface area contributed by atoms with E-state index in [2.05, 4.69) is 5.32 Å². The maximum Gasteiger partial charge on any atom is 0.0938 e. The van der Waals surface area contributed by atoms with Gasteiger partial charge in [-0.1, -0.05) is 0 Å². The van der Waals surface area contributed by atoms with E-state index in [-0.39, 0.29) is 25.1 Å². The minimum atomic E-state index is -0.307. The number of aliphatic hydroxyl groups excluding tert-OH is 1. The van der Waals surface area contributed by atoms with E-state index >= 15 is 0 Å². The zero-order valence-corrected chi connectivity index (χ0v) is 5.31. The van der Waals surface area contributed by atoms with Crippen molar-refractivity contribution in [3.63, 3.8) is 0 Å². The molecule has 0 amide bonds. The van der Waals surface area contributed by atoms with Crippen LogP contribution in [0.15, 0.2) is 0 Å². The quantitative estimate of drug-likeness (QED) is 0.546. The third-order valence-corrected chi connectivity index (χ3v) is 1.91. The van der Waals surface area contributed by atoms with Gasteiger partial charge in [0.05, 0.1) is 6.67 Å². The van der Waals surface area contributed by atoms with Gasteiger partial charge in [0.15, 0.2) is 0 Å². The van der Waals surface area contributed by atoms with Gasteiger partial charge in [-0.05, 0) is 0 Å². The van der Waals surface area contributed by atoms with Gasteiger partial charge in [0.2, 0.25) is 0 Å². The van der Waals surface area contributed by atoms with Crippen LogP contribution in [0.4, 0.5) is 4.39 Å². The van der Waals surface area contributed by atoms with Gasteiger partial charge in [0, 0.05) is 31.5 Å². The smallest absolute Gasteiger partial charge is 0.0938 e. The van der Waals surface area contributed by atoms with Gasteiger partial charge in [-0.25, -0.2) is 0 Å². The highest BCUT2D eigenvalue weighted by molar-refractivity contribution is 4.79. The number of aliphatic hydroxyl groups is 1. The van der Waals surface area contributed by atoms with Gasteiger partial charge < -0.3 is 10.4 Å². The largest absolute Gasteiger partial charge is 0.396 e. The van der Waals surface area contributed by atoms with E-state index in [1.807, 2.05) is 0 Å². The Bertz CT molecular complexity index is 79.1. The molecule has 2 nitrogen and oxygen atoms in total. The number of nitrogens with one attached hydrogen (secondary N) is 1. The van der Waals surface area contributed by atoms with Crippen molar-refractivity contribution in [2.45, 2.75) is 0 Å². The third-order valence-electron chi connectivity index (χ3n) is 1.91. The molecule has 1 fully saturated rings. The molecule has 0 aliphatic carbocycles. The van der Waals surface area contributed by atoms with E-state index in [0.717, 1.165) is 13.1 Å². The first kappa shape index (κ1) is 6.96. The molecule has 3 heteroatoms. The Morgan fingerprint density at radius 1 is 1.44 bits per heavy atom. The highest BCUT2D eigenvalue weighted by atomic mass is 19.1. The third kappa shape index (κ3) is 1.40. The fourth-order valence-corrected chi connectivity index (χ4v) is 1.18. The van der Waals surface area contributed by atoms with Crippen molar-refractivity contribution in [2.24, 2.45) is 11.8 Å². The number of halogens is 1. The fourth-order valence-electron chi connectivity index (χ4n) is 1.18. The first-order chi connectivity index (χ1) is 4.38. The lowest BCUT2D eigenvalue weighted by Crippen LogP contribution is -2.17. The van der Waals surface area contributed by atoms with Crippen LogP contribution in [0.25, 0.3) is 0 Å². The average molecular weight is 133 g/mol. The van der Waals surface area contributed by atoms with Gasteiger partial charge in [0.25, 0.3) is 0 Å². The summed E-state index contributed by atoms with van der Waals surface area (Å²) in [6, 6.07) is 0. The first-order valence-electron chi connectivity index (χ1n) is 3.26. The molecule has 2 atom stereocenters. The Hall–Kier alpha value is -0.150. The van der Waals surface area contributed by atoms with Crippen LogP contribution in [-0.2, 0) is 0 Å². The molecule has 0 radical (unpaired) electrons. The first-order valence-corrected chi connectivity index (χ1v) is 3.26. The van der Waals surface area contributed by atoms with Crippen molar-refractivity contribution in [3.8, 4) is 0 Å². The second-order valence-corrected chi connectivity index (χ2v) is 2.52. The van der Waals surface area contributed by atoms with Crippen LogP contribution in [0.5, 0.6) is 0 Å². The van der Waals surface area contributed by atoms with Gasteiger partial charge in [-0.3, -0.25) is 4.39 Å². The van der Waals surface area contributed by atoms with Crippen LogP contribution < -0.4 is 5.32 Å². The van der Waals surface area contributed by atoms with Crippen molar-refractivity contribution in [1.82, 2.24) is 5.32 Å². The Kier molecular flexibility index (Phi) is 2.42. The van der Waals surface area contributed by atoms with Gasteiger partial charge in [0.1, 0.15) is 0 Å². The van der Waals surface area contributed by atoms with Crippen LogP contribution in [-0.4, -0.2) is 31.5 Å². The van der Waals surface area contributed by atoms with Crippen molar-refractivity contribution in [3.05, 3.63) is 0 Å². The van der Waals surface area contributed by atoms with Crippen molar-refractivity contribution < 1.29 is 9.50 Å². The summed E-state index contributed by atoms with van der Waals surface area (Å²) in [7, 11) is 0. The van der Waals surface area contributed by atoms with E-state index in [0.29, 0.717) is 0 Å². The second-order valence-electron chi connectivity index (χ2n) is 2.52. The molecule has 0 unspecified atom stereocenters. The summed E-state index contributed by atoms with van der Waals surface area (Å²) in [5, 5.41) is 11.7. The summed E-state index contributed by atoms with van der Waals surface area (Å²) in [6.07, 6.45) is 0. The molecule has 0 spiro atoms. The minimum absolute atomic E-state index is 0.0509. The molecule has 9 heavy (non-hydrogen) atoms. The van der Waals surface area contributed by atoms with E-state index in [9.17, 15) is 4.39 Å². The maximum atomic E-state index is 12.0. The number of hydrogen-bond acceptors (Lipinski definition) is 2. The fraction of sp³-hybridized carbons (Fsp3) is 1.00. The van der Waals surface area contributed by atoms with E-state index in [1.54, 1.807) is 0 Å². The molecule has 1 aliphatic heterocycles. The van der Waals surface area contributed by atoms with E-state index < -0.39 is 0 Å². The lowest BCUT2D eigenvalue weighted by Gasteiger charge is -2.10. The molecule has 0 saturated carbocycles. The van der Waals surface area contributed by atoms with Crippen molar-refractivity contribution >= 4 is 0 Å². The molecular weight excluding hydrogens is 121 g/mol. The maximum absolute atomic E-state index is 12.0. The molecule has 0 aromatic carbocycles. The van der Waals surface area contributed by atoms with Crippen LogP contribution in [0, 0.1) is 11.8 Å². The van der Waals surface area contributed by atoms with Gasteiger partial charge in [-0.2, -0.15) is 0 Å². The molecule has 2 N–H and O–H groups in total. The molecule has 0 aromatic heterocycles. The Morgan fingerprint density at radius 2 is 2.11 bits per heavy atom. The molecule has 0 bridgehead atoms. The number of rotatable bonds is 2.